The number of ether oxygens (including phenoxy) is 2. The van der Waals surface area contributed by atoms with Gasteiger partial charge in [0, 0.05) is 12.1 Å². The number of hydrogen-bond acceptors (Lipinski definition) is 8. The predicted molar refractivity (Wildman–Crippen MR) is 121 cm³/mol. The fraction of sp³-hybridized carbons (Fsp3) is 0.227. The molecule has 0 unspecified atom stereocenters. The van der Waals surface area contributed by atoms with Gasteiger partial charge in [-0.2, -0.15) is 0 Å². The Hall–Kier alpha value is -3.86. The average Bonchev–Trinajstić information content (AvgIpc) is 3.40. The summed E-state index contributed by atoms with van der Waals surface area (Å²) in [7, 11) is 0. The summed E-state index contributed by atoms with van der Waals surface area (Å²) in [5.74, 6) is 0.493. The highest BCUT2D eigenvalue weighted by Crippen LogP contribution is 2.34. The Morgan fingerprint density at radius 3 is 2.85 bits per heavy atom. The quantitative estimate of drug-likeness (QED) is 0.660. The van der Waals surface area contributed by atoms with Gasteiger partial charge in [-0.3, -0.25) is 19.4 Å². The topological polar surface area (TPSA) is 136 Å². The molecule has 0 bridgehead atoms. The van der Waals surface area contributed by atoms with E-state index >= 15 is 0 Å². The van der Waals surface area contributed by atoms with Gasteiger partial charge in [-0.1, -0.05) is 30.0 Å². The van der Waals surface area contributed by atoms with Crippen LogP contribution in [0.5, 0.6) is 11.5 Å². The molecule has 11 heteroatoms. The first-order chi connectivity index (χ1) is 16.0. The monoisotopic (exact) mass is 465 g/mol. The number of carbonyl (C=O) groups is 3. The van der Waals surface area contributed by atoms with Crippen LogP contribution >= 0.6 is 11.8 Å². The molecule has 3 aliphatic heterocycles. The van der Waals surface area contributed by atoms with E-state index in [1.807, 2.05) is 24.3 Å². The molecule has 3 N–H and O–H groups in total. The Bertz CT molecular complexity index is 1230. The molecule has 0 spiro atoms. The van der Waals surface area contributed by atoms with Crippen LogP contribution < -0.4 is 20.5 Å². The number of amidine groups is 2. The lowest BCUT2D eigenvalue weighted by molar-refractivity contribution is -0.128. The zero-order chi connectivity index (χ0) is 22.9. The number of benzene rings is 2. The molecule has 3 aliphatic rings. The van der Waals surface area contributed by atoms with Crippen LogP contribution in [0.3, 0.4) is 0 Å². The molecule has 0 aliphatic carbocycles. The molecule has 0 aromatic heterocycles. The number of fused-ring (bicyclic) bond motifs is 4. The normalized spacial score (nSPS) is 17.8. The molecule has 2 aromatic carbocycles. The highest BCUT2D eigenvalue weighted by atomic mass is 32.2. The van der Waals surface area contributed by atoms with E-state index in [-0.39, 0.29) is 37.3 Å². The Kier molecular flexibility index (Phi) is 5.47. The van der Waals surface area contributed by atoms with Crippen molar-refractivity contribution >= 4 is 46.2 Å². The average molecular weight is 465 g/mol. The fourth-order valence-electron chi connectivity index (χ4n) is 3.67. The highest BCUT2D eigenvalue weighted by molar-refractivity contribution is 8.14. The number of carbonyl (C=O) groups excluding carboxylic acids is 3. The van der Waals surface area contributed by atoms with E-state index < -0.39 is 11.9 Å². The second kappa shape index (κ2) is 8.58. The molecule has 0 radical (unpaired) electrons. The molecule has 0 saturated heterocycles. The number of aliphatic imine (C=N–C) groups is 2. The molecule has 3 heterocycles. The van der Waals surface area contributed by atoms with E-state index in [0.29, 0.717) is 33.8 Å². The van der Waals surface area contributed by atoms with Gasteiger partial charge in [-0.25, -0.2) is 9.89 Å². The zero-order valence-electron chi connectivity index (χ0n) is 17.3. The van der Waals surface area contributed by atoms with Crippen LogP contribution in [-0.2, 0) is 20.9 Å². The van der Waals surface area contributed by atoms with E-state index in [9.17, 15) is 14.4 Å². The van der Waals surface area contributed by atoms with Gasteiger partial charge in [0.05, 0.1) is 17.9 Å². The lowest BCUT2D eigenvalue weighted by atomic mass is 10.1. The molecule has 5 rings (SSSR count). The van der Waals surface area contributed by atoms with Crippen molar-refractivity contribution in [3.8, 4) is 11.5 Å². The largest absolute Gasteiger partial charge is 0.454 e. The van der Waals surface area contributed by atoms with Crippen molar-refractivity contribution in [2.24, 2.45) is 15.7 Å². The summed E-state index contributed by atoms with van der Waals surface area (Å²) < 4.78 is 10.6. The van der Waals surface area contributed by atoms with Crippen LogP contribution in [0.1, 0.15) is 17.5 Å². The van der Waals surface area contributed by atoms with E-state index in [1.54, 1.807) is 18.2 Å². The Labute approximate surface area is 192 Å². The van der Waals surface area contributed by atoms with Crippen molar-refractivity contribution < 1.29 is 23.9 Å². The number of nitrogens with two attached hydrogens (primary N) is 1. The second-order valence-corrected chi connectivity index (χ2v) is 8.42. The Morgan fingerprint density at radius 2 is 2.00 bits per heavy atom. The fourth-order valence-corrected chi connectivity index (χ4v) is 4.41. The summed E-state index contributed by atoms with van der Waals surface area (Å²) in [6.07, 6.45) is -0.112. The molecule has 1 atom stereocenters. The van der Waals surface area contributed by atoms with Crippen molar-refractivity contribution in [2.45, 2.75) is 19.0 Å². The summed E-state index contributed by atoms with van der Waals surface area (Å²) in [5, 5.41) is 3.14. The first kappa shape index (κ1) is 21.0. The standard InChI is InChI=1S/C22H19N5O5S/c23-18(28)10-33-22-26-14-4-2-1-3-13(14)20-25-15(21(30)27(20)22)8-19(29)24-9-12-5-6-16-17(7-12)32-11-31-16/h1-7,15H,8-11H2,(H2,23,28)(H,24,29)/t15-/m1/s1. The molecular formula is C22H19N5O5S. The minimum absolute atomic E-state index is 0.0290. The number of thioether (sulfide) groups is 1. The van der Waals surface area contributed by atoms with Crippen LogP contribution in [0.2, 0.25) is 0 Å². The third-order valence-corrected chi connectivity index (χ3v) is 6.16. The van der Waals surface area contributed by atoms with Gasteiger partial charge in [-0.15, -0.1) is 0 Å². The van der Waals surface area contributed by atoms with Gasteiger partial charge in [-0.05, 0) is 29.8 Å². The molecule has 168 valence electrons. The lowest BCUT2D eigenvalue weighted by Crippen LogP contribution is -2.42. The van der Waals surface area contributed by atoms with Gasteiger partial charge >= 0.3 is 0 Å². The van der Waals surface area contributed by atoms with Crippen LogP contribution in [0.4, 0.5) is 5.69 Å². The van der Waals surface area contributed by atoms with Gasteiger partial charge in [0.15, 0.2) is 16.7 Å². The predicted octanol–water partition coefficient (Wildman–Crippen LogP) is 1.30. The van der Waals surface area contributed by atoms with Crippen LogP contribution in [0.15, 0.2) is 52.4 Å². The summed E-state index contributed by atoms with van der Waals surface area (Å²) >= 11 is 1.06. The number of rotatable bonds is 6. The molecule has 10 nitrogen and oxygen atoms in total. The number of primary amides is 1. The van der Waals surface area contributed by atoms with Crippen molar-refractivity contribution in [2.75, 3.05) is 12.5 Å². The summed E-state index contributed by atoms with van der Waals surface area (Å²) in [5.41, 5.74) is 7.44. The lowest BCUT2D eigenvalue weighted by Gasteiger charge is -2.25. The maximum absolute atomic E-state index is 13.1. The molecule has 0 fully saturated rings. The minimum Gasteiger partial charge on any atom is -0.454 e. The number of nitrogens with zero attached hydrogens (tertiary/aromatic N) is 3. The summed E-state index contributed by atoms with van der Waals surface area (Å²) in [6.45, 7) is 0.457. The SMILES string of the molecule is NC(=O)CSC1=Nc2ccccc2C2=N[C@H](CC(=O)NCc3ccc4c(c3)OCO4)C(=O)N12. The van der Waals surface area contributed by atoms with E-state index in [2.05, 4.69) is 15.3 Å². The first-order valence-corrected chi connectivity index (χ1v) is 11.1. The van der Waals surface area contributed by atoms with Crippen LogP contribution in [0.25, 0.3) is 0 Å². The third-order valence-electron chi connectivity index (χ3n) is 5.20. The summed E-state index contributed by atoms with van der Waals surface area (Å²) in [6, 6.07) is 11.8. The van der Waals surface area contributed by atoms with Crippen molar-refractivity contribution in [3.05, 3.63) is 53.6 Å². The molecule has 2 aromatic rings. The minimum atomic E-state index is -0.887. The Balaban J connectivity index is 1.29. The van der Waals surface area contributed by atoms with E-state index in [4.69, 9.17) is 15.2 Å². The maximum Gasteiger partial charge on any atom is 0.259 e. The maximum atomic E-state index is 13.1. The van der Waals surface area contributed by atoms with Crippen LogP contribution in [0, 0.1) is 0 Å². The Morgan fingerprint density at radius 1 is 1.18 bits per heavy atom. The third kappa shape index (κ3) is 4.14. The molecule has 33 heavy (non-hydrogen) atoms. The smallest absolute Gasteiger partial charge is 0.259 e. The van der Waals surface area contributed by atoms with Crippen molar-refractivity contribution in [1.29, 1.82) is 0 Å². The van der Waals surface area contributed by atoms with Crippen LogP contribution in [-0.4, -0.2) is 52.2 Å². The number of hydrogen-bond donors (Lipinski definition) is 2. The van der Waals surface area contributed by atoms with Crippen molar-refractivity contribution in [3.63, 3.8) is 0 Å². The summed E-state index contributed by atoms with van der Waals surface area (Å²) in [4.78, 5) is 47.4. The van der Waals surface area contributed by atoms with E-state index in [0.717, 1.165) is 17.3 Å². The molecule has 0 saturated carbocycles. The number of para-hydroxylation sites is 1. The number of nitrogens with one attached hydrogen (secondary N) is 1. The van der Waals surface area contributed by atoms with Crippen molar-refractivity contribution in [1.82, 2.24) is 10.2 Å². The zero-order valence-corrected chi connectivity index (χ0v) is 18.1. The molecular weight excluding hydrogens is 446 g/mol. The van der Waals surface area contributed by atoms with Gasteiger partial charge in [0.25, 0.3) is 5.91 Å². The van der Waals surface area contributed by atoms with Gasteiger partial charge < -0.3 is 20.5 Å². The number of amides is 3. The highest BCUT2D eigenvalue weighted by Gasteiger charge is 2.42. The second-order valence-electron chi connectivity index (χ2n) is 7.48. The van der Waals surface area contributed by atoms with Gasteiger partial charge in [0.2, 0.25) is 18.6 Å². The first-order valence-electron chi connectivity index (χ1n) is 10.2. The molecule has 3 amide bonds. The van der Waals surface area contributed by atoms with Gasteiger partial charge in [0.1, 0.15) is 11.9 Å². The van der Waals surface area contributed by atoms with E-state index in [1.165, 1.54) is 4.90 Å².